The maximum Gasteiger partial charge on any atom is 0.271 e. The summed E-state index contributed by atoms with van der Waals surface area (Å²) in [4.78, 5) is 0. The van der Waals surface area contributed by atoms with E-state index >= 15 is 0 Å². The fourth-order valence-corrected chi connectivity index (χ4v) is 3.34. The molecule has 7 heteroatoms. The summed E-state index contributed by atoms with van der Waals surface area (Å²) in [5, 5.41) is 17.1. The minimum atomic E-state index is -3.85. The minimum Gasteiger partial charge on any atom is -0.447 e. The first kappa shape index (κ1) is 10.8. The highest BCUT2D eigenvalue weighted by Gasteiger charge is 2.41. The van der Waals surface area contributed by atoms with Crippen molar-refractivity contribution in [3.05, 3.63) is 17.4 Å². The van der Waals surface area contributed by atoms with E-state index in [9.17, 15) is 8.42 Å². The molecule has 92 valence electrons. The lowest BCUT2D eigenvalue weighted by Gasteiger charge is -2.18. The molecule has 1 aromatic rings. The standard InChI is InChI=1S/C10H12N2O4S/c11-17(14,15)8-4-7-9(12-13)5-1-2-6(3-5)10(7)16-8/h4-6,13H,1-3H2,(H2,11,14,15). The molecule has 2 atom stereocenters. The lowest BCUT2D eigenvalue weighted by atomic mass is 9.86. The Balaban J connectivity index is 2.20. The van der Waals surface area contributed by atoms with Crippen LogP contribution in [-0.4, -0.2) is 19.3 Å². The van der Waals surface area contributed by atoms with Crippen molar-refractivity contribution >= 4 is 15.7 Å². The molecule has 1 heterocycles. The lowest BCUT2D eigenvalue weighted by Crippen LogP contribution is -2.18. The summed E-state index contributed by atoms with van der Waals surface area (Å²) >= 11 is 0. The van der Waals surface area contributed by atoms with Crippen LogP contribution in [0.1, 0.15) is 36.5 Å². The Kier molecular flexibility index (Phi) is 2.11. The average Bonchev–Trinajstić information content (AvgIpc) is 2.83. The van der Waals surface area contributed by atoms with E-state index in [2.05, 4.69) is 5.16 Å². The van der Waals surface area contributed by atoms with Crippen LogP contribution in [0.15, 0.2) is 20.7 Å². The molecule has 2 bridgehead atoms. The molecule has 3 N–H and O–H groups in total. The van der Waals surface area contributed by atoms with Gasteiger partial charge in [0.05, 0.1) is 5.71 Å². The Labute approximate surface area is 98.1 Å². The van der Waals surface area contributed by atoms with Crippen LogP contribution in [0.2, 0.25) is 0 Å². The summed E-state index contributed by atoms with van der Waals surface area (Å²) < 4.78 is 27.8. The summed E-state index contributed by atoms with van der Waals surface area (Å²) in [6.07, 6.45) is 2.72. The zero-order valence-electron chi connectivity index (χ0n) is 8.96. The molecule has 1 fully saturated rings. The van der Waals surface area contributed by atoms with Crippen LogP contribution in [0.25, 0.3) is 0 Å². The Bertz CT molecular complexity index is 602. The number of oxime groups is 1. The molecule has 1 aromatic heterocycles. The second kappa shape index (κ2) is 3.33. The topological polar surface area (TPSA) is 106 Å². The number of hydrogen-bond donors (Lipinski definition) is 2. The molecule has 0 spiro atoms. The van der Waals surface area contributed by atoms with E-state index < -0.39 is 10.0 Å². The zero-order chi connectivity index (χ0) is 12.2. The van der Waals surface area contributed by atoms with E-state index in [4.69, 9.17) is 14.8 Å². The molecule has 2 aliphatic rings. The van der Waals surface area contributed by atoms with Gasteiger partial charge in [-0.15, -0.1) is 0 Å². The normalized spacial score (nSPS) is 29.6. The molecule has 3 rings (SSSR count). The molecule has 6 nitrogen and oxygen atoms in total. The van der Waals surface area contributed by atoms with Gasteiger partial charge in [0.15, 0.2) is 0 Å². The second-order valence-electron chi connectivity index (χ2n) is 4.58. The molecule has 2 unspecified atom stereocenters. The molecular weight excluding hydrogens is 244 g/mol. The third kappa shape index (κ3) is 1.49. The molecule has 17 heavy (non-hydrogen) atoms. The summed E-state index contributed by atoms with van der Waals surface area (Å²) in [6.45, 7) is 0. The van der Waals surface area contributed by atoms with Crippen LogP contribution in [0.3, 0.4) is 0 Å². The van der Waals surface area contributed by atoms with Crippen LogP contribution < -0.4 is 5.14 Å². The van der Waals surface area contributed by atoms with Gasteiger partial charge in [-0.3, -0.25) is 0 Å². The first-order chi connectivity index (χ1) is 8.00. The van der Waals surface area contributed by atoms with Crippen LogP contribution >= 0.6 is 0 Å². The zero-order valence-corrected chi connectivity index (χ0v) is 9.77. The number of sulfonamides is 1. The van der Waals surface area contributed by atoms with E-state index in [0.29, 0.717) is 17.0 Å². The van der Waals surface area contributed by atoms with Gasteiger partial charge in [0, 0.05) is 23.5 Å². The molecule has 2 aliphatic carbocycles. The van der Waals surface area contributed by atoms with E-state index in [1.807, 2.05) is 0 Å². The smallest absolute Gasteiger partial charge is 0.271 e. The van der Waals surface area contributed by atoms with Crippen LogP contribution in [0, 0.1) is 5.92 Å². The fourth-order valence-electron chi connectivity index (χ4n) is 2.85. The second-order valence-corrected chi connectivity index (χ2v) is 6.07. The molecule has 0 aromatic carbocycles. The van der Waals surface area contributed by atoms with Gasteiger partial charge in [-0.2, -0.15) is 0 Å². The summed E-state index contributed by atoms with van der Waals surface area (Å²) in [5.74, 6) is 1.01. The first-order valence-corrected chi connectivity index (χ1v) is 6.94. The van der Waals surface area contributed by atoms with Crippen molar-refractivity contribution < 1.29 is 18.0 Å². The van der Waals surface area contributed by atoms with Gasteiger partial charge in [-0.1, -0.05) is 5.16 Å². The van der Waals surface area contributed by atoms with Gasteiger partial charge in [-0.25, -0.2) is 13.6 Å². The van der Waals surface area contributed by atoms with Crippen molar-refractivity contribution in [1.82, 2.24) is 0 Å². The Morgan fingerprint density at radius 1 is 1.41 bits per heavy atom. The SMILES string of the molecule is NS(=O)(=O)c1cc2c(o1)C1CCC(C1)C2=NO. The number of hydrogen-bond acceptors (Lipinski definition) is 5. The number of nitrogens with zero attached hydrogens (tertiary/aromatic N) is 1. The highest BCUT2D eigenvalue weighted by Crippen LogP contribution is 2.47. The Morgan fingerprint density at radius 2 is 2.12 bits per heavy atom. The largest absolute Gasteiger partial charge is 0.447 e. The van der Waals surface area contributed by atoms with Crippen LogP contribution in [0.4, 0.5) is 0 Å². The van der Waals surface area contributed by atoms with E-state index in [0.717, 1.165) is 19.3 Å². The number of primary sulfonamides is 1. The van der Waals surface area contributed by atoms with Crippen LogP contribution in [-0.2, 0) is 10.0 Å². The monoisotopic (exact) mass is 256 g/mol. The van der Waals surface area contributed by atoms with Crippen molar-refractivity contribution in [1.29, 1.82) is 0 Å². The summed E-state index contributed by atoms with van der Waals surface area (Å²) in [6, 6.07) is 1.37. The summed E-state index contributed by atoms with van der Waals surface area (Å²) in [5.41, 5.74) is 1.11. The fraction of sp³-hybridized carbons (Fsp3) is 0.500. The maximum absolute atomic E-state index is 11.2. The van der Waals surface area contributed by atoms with Crippen LogP contribution in [0.5, 0.6) is 0 Å². The Morgan fingerprint density at radius 3 is 2.76 bits per heavy atom. The molecule has 1 saturated carbocycles. The van der Waals surface area contributed by atoms with Gasteiger partial charge in [0.2, 0.25) is 5.09 Å². The third-order valence-corrected chi connectivity index (χ3v) is 4.35. The number of rotatable bonds is 1. The van der Waals surface area contributed by atoms with Gasteiger partial charge in [-0.05, 0) is 19.3 Å². The third-order valence-electron chi connectivity index (χ3n) is 3.59. The van der Waals surface area contributed by atoms with Crippen molar-refractivity contribution in [2.24, 2.45) is 16.2 Å². The first-order valence-electron chi connectivity index (χ1n) is 5.39. The highest BCUT2D eigenvalue weighted by atomic mass is 32.2. The number of fused-ring (bicyclic) bond motifs is 4. The minimum absolute atomic E-state index is 0.198. The molecular formula is C10H12N2O4S. The predicted molar refractivity (Wildman–Crippen MR) is 58.5 cm³/mol. The molecule has 0 radical (unpaired) electrons. The molecule has 0 saturated heterocycles. The predicted octanol–water partition coefficient (Wildman–Crippen LogP) is 1.00. The van der Waals surface area contributed by atoms with Gasteiger partial charge < -0.3 is 9.62 Å². The van der Waals surface area contributed by atoms with E-state index in [-0.39, 0.29) is 16.9 Å². The summed E-state index contributed by atoms with van der Waals surface area (Å²) in [7, 11) is -3.85. The van der Waals surface area contributed by atoms with Gasteiger partial charge in [0.1, 0.15) is 5.76 Å². The quantitative estimate of drug-likeness (QED) is 0.577. The maximum atomic E-state index is 11.2. The van der Waals surface area contributed by atoms with E-state index in [1.165, 1.54) is 6.07 Å². The molecule has 0 aliphatic heterocycles. The highest BCUT2D eigenvalue weighted by molar-refractivity contribution is 7.89. The Hall–Kier alpha value is -1.34. The lowest BCUT2D eigenvalue weighted by molar-refractivity contribution is 0.313. The number of furan rings is 1. The van der Waals surface area contributed by atoms with Gasteiger partial charge >= 0.3 is 0 Å². The number of nitrogens with two attached hydrogens (primary N) is 1. The van der Waals surface area contributed by atoms with Crippen molar-refractivity contribution in [2.45, 2.75) is 30.3 Å². The van der Waals surface area contributed by atoms with Crippen molar-refractivity contribution in [2.75, 3.05) is 0 Å². The van der Waals surface area contributed by atoms with Crippen molar-refractivity contribution in [3.63, 3.8) is 0 Å². The van der Waals surface area contributed by atoms with Gasteiger partial charge in [0.25, 0.3) is 10.0 Å². The molecule has 0 amide bonds. The van der Waals surface area contributed by atoms with Crippen molar-refractivity contribution in [3.8, 4) is 0 Å². The average molecular weight is 256 g/mol. The van der Waals surface area contributed by atoms with E-state index in [1.54, 1.807) is 0 Å².